The number of anilines is 1. The summed E-state index contributed by atoms with van der Waals surface area (Å²) in [6.45, 7) is 0.0414. The van der Waals surface area contributed by atoms with Crippen LogP contribution in [0.2, 0.25) is 0 Å². The number of rotatable bonds is 2. The molecule has 5 nitrogen and oxygen atoms in total. The normalized spacial score (nSPS) is 19.4. The minimum atomic E-state index is -3.75. The first-order chi connectivity index (χ1) is 9.84. The average Bonchev–Trinajstić information content (AvgIpc) is 2.80. The smallest absolute Gasteiger partial charge is 0.237 e. The number of carbonyl (C=O) groups excluding carboxylic acids is 1. The van der Waals surface area contributed by atoms with Gasteiger partial charge in [0.25, 0.3) is 0 Å². The standard InChI is InChI=1S/C13H10BrClN2O3S/c14-9-2-3-11-8(5-9)1-4-12(16-11)17-7-10(6-13(17)18)21(15,19)20/h1-5,10H,6-7H2. The zero-order chi connectivity index (χ0) is 15.2. The third-order valence-electron chi connectivity index (χ3n) is 3.40. The molecule has 1 amide bonds. The van der Waals surface area contributed by atoms with Crippen LogP contribution in [-0.2, 0) is 13.8 Å². The molecule has 0 radical (unpaired) electrons. The molecule has 1 aliphatic rings. The van der Waals surface area contributed by atoms with E-state index in [4.69, 9.17) is 10.7 Å². The summed E-state index contributed by atoms with van der Waals surface area (Å²) in [5.41, 5.74) is 0.737. The molecule has 2 aromatic rings. The van der Waals surface area contributed by atoms with Crippen LogP contribution in [0.25, 0.3) is 10.9 Å². The lowest BCUT2D eigenvalue weighted by Gasteiger charge is -2.15. The summed E-state index contributed by atoms with van der Waals surface area (Å²) in [5.74, 6) is 0.158. The molecule has 1 aliphatic heterocycles. The van der Waals surface area contributed by atoms with Crippen LogP contribution in [0.5, 0.6) is 0 Å². The van der Waals surface area contributed by atoms with Crippen LogP contribution in [0, 0.1) is 0 Å². The van der Waals surface area contributed by atoms with E-state index in [2.05, 4.69) is 20.9 Å². The maximum absolute atomic E-state index is 12.0. The van der Waals surface area contributed by atoms with Gasteiger partial charge < -0.3 is 0 Å². The minimum absolute atomic E-state index is 0.0414. The van der Waals surface area contributed by atoms with Crippen LogP contribution in [0.3, 0.4) is 0 Å². The summed E-state index contributed by atoms with van der Waals surface area (Å²) in [6.07, 6.45) is -0.105. The highest BCUT2D eigenvalue weighted by molar-refractivity contribution is 9.10. The van der Waals surface area contributed by atoms with E-state index in [0.717, 1.165) is 15.4 Å². The first-order valence-electron chi connectivity index (χ1n) is 6.15. The van der Waals surface area contributed by atoms with Crippen molar-refractivity contribution in [2.24, 2.45) is 0 Å². The largest absolute Gasteiger partial charge is 0.295 e. The SMILES string of the molecule is O=C1CC(S(=O)(=O)Cl)CN1c1ccc2cc(Br)ccc2n1. The molecule has 1 atom stereocenters. The summed E-state index contributed by atoms with van der Waals surface area (Å²) in [7, 11) is 1.59. The van der Waals surface area contributed by atoms with E-state index in [-0.39, 0.29) is 18.9 Å². The fourth-order valence-corrected chi connectivity index (χ4v) is 3.73. The molecule has 110 valence electrons. The van der Waals surface area contributed by atoms with Gasteiger partial charge in [0.2, 0.25) is 15.0 Å². The second kappa shape index (κ2) is 5.23. The molecule has 1 aromatic carbocycles. The predicted octanol–water partition coefficient (Wildman–Crippen LogP) is 2.67. The van der Waals surface area contributed by atoms with Crippen LogP contribution >= 0.6 is 26.6 Å². The number of amides is 1. The second-order valence-electron chi connectivity index (χ2n) is 4.81. The lowest BCUT2D eigenvalue weighted by molar-refractivity contribution is -0.117. The van der Waals surface area contributed by atoms with E-state index in [1.54, 1.807) is 6.07 Å². The second-order valence-corrected chi connectivity index (χ2v) is 8.64. The Morgan fingerprint density at radius 2 is 2.05 bits per heavy atom. The molecule has 1 aromatic heterocycles. The zero-order valence-corrected chi connectivity index (χ0v) is 13.8. The van der Waals surface area contributed by atoms with Gasteiger partial charge in [-0.2, -0.15) is 0 Å². The Labute approximate surface area is 134 Å². The van der Waals surface area contributed by atoms with Crippen LogP contribution < -0.4 is 4.90 Å². The van der Waals surface area contributed by atoms with Gasteiger partial charge >= 0.3 is 0 Å². The van der Waals surface area contributed by atoms with Crippen molar-refractivity contribution in [2.45, 2.75) is 11.7 Å². The average molecular weight is 390 g/mol. The van der Waals surface area contributed by atoms with Crippen LogP contribution in [0.4, 0.5) is 5.82 Å². The van der Waals surface area contributed by atoms with Crippen molar-refractivity contribution in [2.75, 3.05) is 11.4 Å². The summed E-state index contributed by atoms with van der Waals surface area (Å²) < 4.78 is 23.7. The Kier molecular flexibility index (Phi) is 3.67. The van der Waals surface area contributed by atoms with Crippen molar-refractivity contribution in [1.29, 1.82) is 0 Å². The highest BCUT2D eigenvalue weighted by Crippen LogP contribution is 2.27. The van der Waals surface area contributed by atoms with Crippen molar-refractivity contribution in [1.82, 2.24) is 4.98 Å². The monoisotopic (exact) mass is 388 g/mol. The third kappa shape index (κ3) is 2.90. The number of hydrogen-bond donors (Lipinski definition) is 0. The highest BCUT2D eigenvalue weighted by Gasteiger charge is 2.38. The molecule has 1 fully saturated rings. The predicted molar refractivity (Wildman–Crippen MR) is 85.0 cm³/mol. The molecule has 8 heteroatoms. The number of halogens is 2. The number of hydrogen-bond acceptors (Lipinski definition) is 4. The van der Waals surface area contributed by atoms with Crippen molar-refractivity contribution < 1.29 is 13.2 Å². The van der Waals surface area contributed by atoms with E-state index in [1.807, 2.05) is 24.3 Å². The van der Waals surface area contributed by atoms with Gasteiger partial charge in [0.15, 0.2) is 0 Å². The molecule has 1 saturated heterocycles. The maximum atomic E-state index is 12.0. The summed E-state index contributed by atoms with van der Waals surface area (Å²) in [4.78, 5) is 17.8. The van der Waals surface area contributed by atoms with E-state index < -0.39 is 14.3 Å². The first-order valence-corrected chi connectivity index (χ1v) is 9.31. The Morgan fingerprint density at radius 1 is 1.29 bits per heavy atom. The Balaban J connectivity index is 1.97. The molecule has 0 spiro atoms. The fourth-order valence-electron chi connectivity index (χ4n) is 2.32. The topological polar surface area (TPSA) is 67.3 Å². The van der Waals surface area contributed by atoms with Crippen LogP contribution in [-0.4, -0.2) is 31.1 Å². The fraction of sp³-hybridized carbons (Fsp3) is 0.231. The molecule has 0 saturated carbocycles. The van der Waals surface area contributed by atoms with Gasteiger partial charge in [-0.25, -0.2) is 13.4 Å². The number of nitrogens with zero attached hydrogens (tertiary/aromatic N) is 2. The van der Waals surface area contributed by atoms with Crippen LogP contribution in [0.15, 0.2) is 34.8 Å². The van der Waals surface area contributed by atoms with Crippen molar-refractivity contribution in [3.8, 4) is 0 Å². The van der Waals surface area contributed by atoms with Gasteiger partial charge in [-0.15, -0.1) is 0 Å². The molecule has 3 rings (SSSR count). The van der Waals surface area contributed by atoms with Crippen molar-refractivity contribution in [3.63, 3.8) is 0 Å². The molecular formula is C13H10BrClN2O3S. The minimum Gasteiger partial charge on any atom is -0.295 e. The quantitative estimate of drug-likeness (QED) is 0.741. The van der Waals surface area contributed by atoms with E-state index in [9.17, 15) is 13.2 Å². The van der Waals surface area contributed by atoms with Gasteiger partial charge in [-0.1, -0.05) is 15.9 Å². The molecular weight excluding hydrogens is 380 g/mol. The number of carbonyl (C=O) groups is 1. The lowest BCUT2D eigenvalue weighted by Crippen LogP contribution is -2.27. The highest BCUT2D eigenvalue weighted by atomic mass is 79.9. The van der Waals surface area contributed by atoms with E-state index in [1.165, 1.54) is 4.90 Å². The van der Waals surface area contributed by atoms with E-state index >= 15 is 0 Å². The van der Waals surface area contributed by atoms with Crippen LogP contribution in [0.1, 0.15) is 6.42 Å². The van der Waals surface area contributed by atoms with Crippen molar-refractivity contribution >= 4 is 58.3 Å². The van der Waals surface area contributed by atoms with Crippen molar-refractivity contribution in [3.05, 3.63) is 34.8 Å². The third-order valence-corrected chi connectivity index (χ3v) is 5.76. The Morgan fingerprint density at radius 3 is 2.71 bits per heavy atom. The Bertz CT molecular complexity index is 840. The molecule has 0 aliphatic carbocycles. The number of pyridine rings is 1. The van der Waals surface area contributed by atoms with Gasteiger partial charge in [0.1, 0.15) is 11.1 Å². The van der Waals surface area contributed by atoms with E-state index in [0.29, 0.717) is 5.82 Å². The van der Waals surface area contributed by atoms with Gasteiger partial charge in [0.05, 0.1) is 5.52 Å². The zero-order valence-electron chi connectivity index (χ0n) is 10.7. The number of benzene rings is 1. The summed E-state index contributed by atoms with van der Waals surface area (Å²) >= 11 is 3.38. The first kappa shape index (κ1) is 14.7. The van der Waals surface area contributed by atoms with Gasteiger partial charge in [-0.05, 0) is 30.3 Å². The molecule has 1 unspecified atom stereocenters. The molecule has 0 N–H and O–H groups in total. The molecule has 21 heavy (non-hydrogen) atoms. The number of fused-ring (bicyclic) bond motifs is 1. The molecule has 0 bridgehead atoms. The van der Waals surface area contributed by atoms with Gasteiger partial charge in [0, 0.05) is 33.5 Å². The lowest BCUT2D eigenvalue weighted by atomic mass is 10.2. The van der Waals surface area contributed by atoms with Gasteiger partial charge in [-0.3, -0.25) is 9.69 Å². The Hall–Kier alpha value is -1.18. The summed E-state index contributed by atoms with van der Waals surface area (Å²) in [6, 6.07) is 9.16. The molecule has 2 heterocycles. The number of aromatic nitrogens is 1. The maximum Gasteiger partial charge on any atom is 0.237 e. The summed E-state index contributed by atoms with van der Waals surface area (Å²) in [5, 5.41) is 0.0513.